The van der Waals surface area contributed by atoms with Gasteiger partial charge < -0.3 is 23.7 Å². The first-order valence-corrected chi connectivity index (χ1v) is 8.01. The quantitative estimate of drug-likeness (QED) is 0.712. The Labute approximate surface area is 143 Å². The van der Waals surface area contributed by atoms with Crippen molar-refractivity contribution in [2.45, 2.75) is 44.5 Å². The number of ether oxygens (including phenoxy) is 5. The summed E-state index contributed by atoms with van der Waals surface area (Å²) >= 11 is 0. The molecule has 1 fully saturated rings. The van der Waals surface area contributed by atoms with Gasteiger partial charge in [0.1, 0.15) is 0 Å². The summed E-state index contributed by atoms with van der Waals surface area (Å²) in [6.45, 7) is 4.31. The zero-order chi connectivity index (χ0) is 17.7. The van der Waals surface area contributed by atoms with Gasteiger partial charge in [-0.3, -0.25) is 4.79 Å². The molecule has 0 N–H and O–H groups in total. The third kappa shape index (κ3) is 4.39. The van der Waals surface area contributed by atoms with Gasteiger partial charge in [0.05, 0.1) is 40.0 Å². The molecule has 0 amide bonds. The Morgan fingerprint density at radius 3 is 2.50 bits per heavy atom. The van der Waals surface area contributed by atoms with Gasteiger partial charge in [0.15, 0.2) is 17.3 Å². The number of rotatable bonds is 7. The number of hydrogen-bond donors (Lipinski definition) is 0. The van der Waals surface area contributed by atoms with Crippen LogP contribution in [0, 0.1) is 0 Å². The van der Waals surface area contributed by atoms with Crippen LogP contribution in [0.15, 0.2) is 18.2 Å². The lowest BCUT2D eigenvalue weighted by atomic mass is 9.92. The molecule has 2 atom stereocenters. The first-order valence-electron chi connectivity index (χ1n) is 8.01. The Morgan fingerprint density at radius 1 is 1.25 bits per heavy atom. The molecule has 24 heavy (non-hydrogen) atoms. The largest absolute Gasteiger partial charge is 0.493 e. The fourth-order valence-electron chi connectivity index (χ4n) is 2.89. The normalized spacial score (nSPS) is 20.5. The van der Waals surface area contributed by atoms with E-state index in [9.17, 15) is 4.79 Å². The van der Waals surface area contributed by atoms with Gasteiger partial charge in [-0.05, 0) is 44.4 Å². The van der Waals surface area contributed by atoms with Gasteiger partial charge in [0, 0.05) is 0 Å². The van der Waals surface area contributed by atoms with Gasteiger partial charge in [-0.15, -0.1) is 0 Å². The van der Waals surface area contributed by atoms with Gasteiger partial charge >= 0.3 is 5.97 Å². The molecule has 134 valence electrons. The SMILES string of the molecule is COC(=O)C(CC[C@H]1COC(C)(C)O1)c1ccc(OC)c(OC)c1. The van der Waals surface area contributed by atoms with Gasteiger partial charge in [-0.25, -0.2) is 0 Å². The summed E-state index contributed by atoms with van der Waals surface area (Å²) in [6.07, 6.45) is 1.29. The molecular formula is C18H26O6. The molecule has 1 unspecified atom stereocenters. The smallest absolute Gasteiger partial charge is 0.313 e. The molecule has 2 rings (SSSR count). The van der Waals surface area contributed by atoms with Crippen molar-refractivity contribution < 1.29 is 28.5 Å². The van der Waals surface area contributed by atoms with Crippen LogP contribution in [0.4, 0.5) is 0 Å². The highest BCUT2D eigenvalue weighted by Crippen LogP contribution is 2.34. The summed E-state index contributed by atoms with van der Waals surface area (Å²) in [6, 6.07) is 5.47. The molecule has 1 aromatic carbocycles. The van der Waals surface area contributed by atoms with E-state index in [2.05, 4.69) is 0 Å². The lowest BCUT2D eigenvalue weighted by molar-refractivity contribution is -0.143. The lowest BCUT2D eigenvalue weighted by Gasteiger charge is -2.20. The monoisotopic (exact) mass is 338 g/mol. The van der Waals surface area contributed by atoms with Crippen LogP contribution in [-0.4, -0.2) is 45.8 Å². The van der Waals surface area contributed by atoms with Crippen LogP contribution in [-0.2, 0) is 19.0 Å². The second kappa shape index (κ2) is 7.85. The molecule has 1 aliphatic rings. The van der Waals surface area contributed by atoms with E-state index in [0.717, 1.165) is 5.56 Å². The van der Waals surface area contributed by atoms with E-state index in [0.29, 0.717) is 30.9 Å². The van der Waals surface area contributed by atoms with Crippen LogP contribution in [0.5, 0.6) is 11.5 Å². The van der Waals surface area contributed by atoms with Crippen molar-refractivity contribution in [1.82, 2.24) is 0 Å². The highest BCUT2D eigenvalue weighted by atomic mass is 16.7. The van der Waals surface area contributed by atoms with Gasteiger partial charge in [0.25, 0.3) is 0 Å². The standard InChI is InChI=1S/C18H26O6/c1-18(2)23-11-13(24-18)7-8-14(17(19)22-5)12-6-9-15(20-3)16(10-12)21-4/h6,9-10,13-14H,7-8,11H2,1-5H3/t13-,14?/m0/s1. The summed E-state index contributed by atoms with van der Waals surface area (Å²) in [5, 5.41) is 0. The minimum Gasteiger partial charge on any atom is -0.493 e. The number of carbonyl (C=O) groups is 1. The molecule has 0 bridgehead atoms. The van der Waals surface area contributed by atoms with E-state index in [1.807, 2.05) is 26.0 Å². The number of methoxy groups -OCH3 is 3. The van der Waals surface area contributed by atoms with Crippen LogP contribution in [0.25, 0.3) is 0 Å². The fraction of sp³-hybridized carbons (Fsp3) is 0.611. The molecular weight excluding hydrogens is 312 g/mol. The predicted octanol–water partition coefficient (Wildman–Crippen LogP) is 2.89. The highest BCUT2D eigenvalue weighted by Gasteiger charge is 2.33. The van der Waals surface area contributed by atoms with E-state index < -0.39 is 5.79 Å². The third-order valence-electron chi connectivity index (χ3n) is 4.14. The fourth-order valence-corrected chi connectivity index (χ4v) is 2.89. The molecule has 1 aromatic rings. The molecule has 1 saturated heterocycles. The van der Waals surface area contributed by atoms with Crippen molar-refractivity contribution in [1.29, 1.82) is 0 Å². The minimum atomic E-state index is -0.561. The molecule has 0 aromatic heterocycles. The Kier molecular flexibility index (Phi) is 6.07. The number of benzene rings is 1. The average Bonchev–Trinajstić information content (AvgIpc) is 2.93. The Bertz CT molecular complexity index is 569. The molecule has 1 heterocycles. The molecule has 1 aliphatic heterocycles. The summed E-state index contributed by atoms with van der Waals surface area (Å²) in [5.41, 5.74) is 0.831. The van der Waals surface area contributed by atoms with Gasteiger partial charge in [-0.1, -0.05) is 6.07 Å². The Morgan fingerprint density at radius 2 is 1.96 bits per heavy atom. The van der Waals surface area contributed by atoms with Gasteiger partial charge in [-0.2, -0.15) is 0 Å². The summed E-state index contributed by atoms with van der Waals surface area (Å²) in [7, 11) is 4.55. The molecule has 0 aliphatic carbocycles. The van der Waals surface area contributed by atoms with E-state index in [-0.39, 0.29) is 18.0 Å². The molecule has 0 saturated carbocycles. The number of esters is 1. The molecule has 0 spiro atoms. The first-order chi connectivity index (χ1) is 11.4. The zero-order valence-electron chi connectivity index (χ0n) is 15.0. The predicted molar refractivity (Wildman–Crippen MR) is 88.4 cm³/mol. The van der Waals surface area contributed by atoms with Crippen LogP contribution in [0.2, 0.25) is 0 Å². The van der Waals surface area contributed by atoms with Gasteiger partial charge in [0.2, 0.25) is 0 Å². The lowest BCUT2D eigenvalue weighted by Crippen LogP contribution is -2.22. The molecule has 6 heteroatoms. The van der Waals surface area contributed by atoms with E-state index >= 15 is 0 Å². The van der Waals surface area contributed by atoms with Crippen molar-refractivity contribution in [2.75, 3.05) is 27.9 Å². The second-order valence-corrected chi connectivity index (χ2v) is 6.22. The molecule has 6 nitrogen and oxygen atoms in total. The first kappa shape index (κ1) is 18.5. The summed E-state index contributed by atoms with van der Waals surface area (Å²) in [4.78, 5) is 12.2. The maximum atomic E-state index is 12.2. The van der Waals surface area contributed by atoms with E-state index in [1.165, 1.54) is 7.11 Å². The van der Waals surface area contributed by atoms with Crippen molar-refractivity contribution >= 4 is 5.97 Å². The topological polar surface area (TPSA) is 63.2 Å². The third-order valence-corrected chi connectivity index (χ3v) is 4.14. The maximum absolute atomic E-state index is 12.2. The van der Waals surface area contributed by atoms with Crippen molar-refractivity contribution in [3.8, 4) is 11.5 Å². The highest BCUT2D eigenvalue weighted by molar-refractivity contribution is 5.78. The van der Waals surface area contributed by atoms with Crippen LogP contribution < -0.4 is 9.47 Å². The average molecular weight is 338 g/mol. The minimum absolute atomic E-state index is 0.0210. The van der Waals surface area contributed by atoms with Crippen molar-refractivity contribution in [3.05, 3.63) is 23.8 Å². The molecule has 0 radical (unpaired) electrons. The van der Waals surface area contributed by atoms with Crippen LogP contribution >= 0.6 is 0 Å². The Hall–Kier alpha value is -1.79. The van der Waals surface area contributed by atoms with E-state index in [4.69, 9.17) is 23.7 Å². The maximum Gasteiger partial charge on any atom is 0.313 e. The van der Waals surface area contributed by atoms with Crippen molar-refractivity contribution in [2.24, 2.45) is 0 Å². The number of hydrogen-bond acceptors (Lipinski definition) is 6. The van der Waals surface area contributed by atoms with Crippen molar-refractivity contribution in [3.63, 3.8) is 0 Å². The van der Waals surface area contributed by atoms with Crippen LogP contribution in [0.1, 0.15) is 38.2 Å². The summed E-state index contributed by atoms with van der Waals surface area (Å²) in [5.74, 6) is -0.0125. The Balaban J connectivity index is 2.12. The zero-order valence-corrected chi connectivity index (χ0v) is 15.0. The van der Waals surface area contributed by atoms with Crippen LogP contribution in [0.3, 0.4) is 0 Å². The number of carbonyl (C=O) groups excluding carboxylic acids is 1. The van der Waals surface area contributed by atoms with E-state index in [1.54, 1.807) is 20.3 Å². The second-order valence-electron chi connectivity index (χ2n) is 6.22. The summed E-state index contributed by atoms with van der Waals surface area (Å²) < 4.78 is 26.9.